The lowest BCUT2D eigenvalue weighted by Crippen LogP contribution is -2.56. The van der Waals surface area contributed by atoms with Crippen molar-refractivity contribution < 1.29 is 19.1 Å². The Bertz CT molecular complexity index is 1540. The highest BCUT2D eigenvalue weighted by molar-refractivity contribution is 6.01. The molecule has 11 heteroatoms. The van der Waals surface area contributed by atoms with Gasteiger partial charge >= 0.3 is 0 Å². The molecule has 3 heterocycles. The summed E-state index contributed by atoms with van der Waals surface area (Å²) in [4.78, 5) is 47.3. The molecular weight excluding hydrogens is 558 g/mol. The van der Waals surface area contributed by atoms with Gasteiger partial charge in [0, 0.05) is 41.8 Å². The Balaban J connectivity index is 1.36. The van der Waals surface area contributed by atoms with Crippen molar-refractivity contribution in [3.8, 4) is 11.8 Å². The lowest BCUT2D eigenvalue weighted by atomic mass is 9.87. The maximum Gasteiger partial charge on any atom is 0.268 e. The van der Waals surface area contributed by atoms with Crippen molar-refractivity contribution in [1.82, 2.24) is 31.2 Å². The fourth-order valence-corrected chi connectivity index (χ4v) is 6.37. The number of hydrogen-bond acceptors (Lipinski definition) is 7. The van der Waals surface area contributed by atoms with Gasteiger partial charge in [-0.25, -0.2) is 0 Å². The first kappa shape index (κ1) is 31.0. The molecule has 1 aliphatic heterocycles. The summed E-state index contributed by atoms with van der Waals surface area (Å²) >= 11 is 0. The molecule has 0 saturated carbocycles. The van der Waals surface area contributed by atoms with E-state index in [4.69, 9.17) is 4.74 Å². The number of fused-ring (bicyclic) bond motifs is 2. The minimum Gasteiger partial charge on any atom is -0.496 e. The number of pyridine rings is 1. The van der Waals surface area contributed by atoms with E-state index >= 15 is 0 Å². The minimum atomic E-state index is -0.852. The van der Waals surface area contributed by atoms with Crippen LogP contribution in [0.4, 0.5) is 0 Å². The molecule has 1 unspecified atom stereocenters. The number of nitrogens with one attached hydrogen (secondary N) is 5. The van der Waals surface area contributed by atoms with Crippen LogP contribution in [0.2, 0.25) is 0 Å². The first-order chi connectivity index (χ1) is 21.3. The third kappa shape index (κ3) is 7.03. The van der Waals surface area contributed by atoms with Crippen molar-refractivity contribution >= 4 is 28.6 Å². The zero-order valence-electron chi connectivity index (χ0n) is 25.5. The molecule has 5 rings (SSSR count). The molecular formula is C33H41N7O4. The number of amides is 3. The van der Waals surface area contributed by atoms with Gasteiger partial charge in [-0.05, 0) is 79.8 Å². The Morgan fingerprint density at radius 3 is 2.77 bits per heavy atom. The van der Waals surface area contributed by atoms with Crippen molar-refractivity contribution in [3.63, 3.8) is 0 Å². The molecule has 5 N–H and O–H groups in total. The summed E-state index contributed by atoms with van der Waals surface area (Å²) in [6, 6.07) is 9.22. The fourth-order valence-electron chi connectivity index (χ4n) is 6.37. The van der Waals surface area contributed by atoms with E-state index in [1.807, 2.05) is 44.3 Å². The van der Waals surface area contributed by atoms with Gasteiger partial charge in [0.15, 0.2) is 0 Å². The van der Waals surface area contributed by atoms with E-state index in [0.29, 0.717) is 37.3 Å². The van der Waals surface area contributed by atoms with Gasteiger partial charge in [0.05, 0.1) is 19.2 Å². The normalized spacial score (nSPS) is 19.8. The van der Waals surface area contributed by atoms with E-state index in [0.717, 1.165) is 35.7 Å². The van der Waals surface area contributed by atoms with Crippen molar-refractivity contribution in [2.24, 2.45) is 11.8 Å². The number of aryl methyl sites for hydroxylation is 1. The number of aromatic amines is 1. The highest BCUT2D eigenvalue weighted by Gasteiger charge is 2.36. The predicted octanol–water partition coefficient (Wildman–Crippen LogP) is 3.29. The largest absolute Gasteiger partial charge is 0.496 e. The first-order valence-electron chi connectivity index (χ1n) is 15.4. The van der Waals surface area contributed by atoms with E-state index in [1.54, 1.807) is 19.4 Å². The number of nitriles is 1. The maximum atomic E-state index is 13.9. The molecule has 2 aromatic heterocycles. The lowest BCUT2D eigenvalue weighted by molar-refractivity contribution is -0.126. The van der Waals surface area contributed by atoms with Crippen molar-refractivity contribution in [3.05, 3.63) is 59.5 Å². The third-order valence-corrected chi connectivity index (χ3v) is 8.63. The molecule has 232 valence electrons. The molecule has 0 spiro atoms. The smallest absolute Gasteiger partial charge is 0.268 e. The average molecular weight is 600 g/mol. The highest BCUT2D eigenvalue weighted by Crippen LogP contribution is 2.30. The van der Waals surface area contributed by atoms with Crippen LogP contribution < -0.4 is 26.0 Å². The van der Waals surface area contributed by atoms with Gasteiger partial charge in [0.2, 0.25) is 11.8 Å². The van der Waals surface area contributed by atoms with Crippen LogP contribution in [0.1, 0.15) is 73.6 Å². The minimum absolute atomic E-state index is 0.0746. The quantitative estimate of drug-likeness (QED) is 0.213. The van der Waals surface area contributed by atoms with Gasteiger partial charge in [-0.3, -0.25) is 24.7 Å². The summed E-state index contributed by atoms with van der Waals surface area (Å²) in [7, 11) is 1.57. The molecule has 0 radical (unpaired) electrons. The Morgan fingerprint density at radius 1 is 1.20 bits per heavy atom. The molecule has 1 saturated heterocycles. The summed E-state index contributed by atoms with van der Waals surface area (Å²) in [5.74, 6) is -0.468. The van der Waals surface area contributed by atoms with Crippen molar-refractivity contribution in [2.45, 2.75) is 76.5 Å². The Hall–Kier alpha value is -4.43. The van der Waals surface area contributed by atoms with Gasteiger partial charge in [0.1, 0.15) is 23.5 Å². The predicted molar refractivity (Wildman–Crippen MR) is 166 cm³/mol. The number of aromatic nitrogens is 2. The zero-order chi connectivity index (χ0) is 31.2. The number of hydrogen-bond donors (Lipinski definition) is 5. The lowest BCUT2D eigenvalue weighted by Gasteiger charge is -2.33. The molecule has 44 heavy (non-hydrogen) atoms. The number of rotatable bonds is 12. The first-order valence-corrected chi connectivity index (χ1v) is 15.4. The molecule has 0 bridgehead atoms. The van der Waals surface area contributed by atoms with Crippen molar-refractivity contribution in [2.75, 3.05) is 13.7 Å². The van der Waals surface area contributed by atoms with Crippen LogP contribution in [0.25, 0.3) is 10.9 Å². The van der Waals surface area contributed by atoms with E-state index in [-0.39, 0.29) is 23.8 Å². The van der Waals surface area contributed by atoms with Gasteiger partial charge < -0.3 is 25.7 Å². The summed E-state index contributed by atoms with van der Waals surface area (Å²) in [5.41, 5.74) is 3.32. The van der Waals surface area contributed by atoms with Crippen molar-refractivity contribution in [1.29, 1.82) is 5.26 Å². The van der Waals surface area contributed by atoms with Crippen LogP contribution in [-0.4, -0.2) is 59.5 Å². The van der Waals surface area contributed by atoms with Crippen LogP contribution in [0.5, 0.6) is 5.75 Å². The number of methoxy groups -OCH3 is 1. The number of H-pyrrole nitrogens is 1. The van der Waals surface area contributed by atoms with Crippen LogP contribution in [0, 0.1) is 23.2 Å². The monoisotopic (exact) mass is 599 g/mol. The maximum absolute atomic E-state index is 13.9. The topological polar surface area (TPSA) is 161 Å². The fraction of sp³-hybridized carbons (Fsp3) is 0.485. The molecule has 2 aliphatic rings. The Morgan fingerprint density at radius 2 is 2.05 bits per heavy atom. The molecule has 11 nitrogen and oxygen atoms in total. The van der Waals surface area contributed by atoms with Gasteiger partial charge in [-0.2, -0.15) is 5.26 Å². The van der Waals surface area contributed by atoms with Crippen LogP contribution >= 0.6 is 0 Å². The summed E-state index contributed by atoms with van der Waals surface area (Å²) in [6.07, 6.45) is 7.71. The number of carbonyl (C=O) groups excluding carboxylic acids is 3. The van der Waals surface area contributed by atoms with Crippen LogP contribution in [0.3, 0.4) is 0 Å². The van der Waals surface area contributed by atoms with Crippen LogP contribution in [-0.2, 0) is 16.0 Å². The van der Waals surface area contributed by atoms with E-state index in [1.165, 1.54) is 5.56 Å². The van der Waals surface area contributed by atoms with E-state index < -0.39 is 29.9 Å². The van der Waals surface area contributed by atoms with Gasteiger partial charge in [-0.1, -0.05) is 19.9 Å². The summed E-state index contributed by atoms with van der Waals surface area (Å²) in [5, 5.41) is 23.4. The molecule has 1 aromatic carbocycles. The Kier molecular flexibility index (Phi) is 9.80. The SMILES string of the molecule is COc1cccc2[nH]c(C(=O)N[C@@H](CC(C)C)C(=O)N[C@@H](C[C@@H]3CCNC3=O)C(C#N)N[C@H]3CCCc4ccncc43)cc12. The zero-order valence-corrected chi connectivity index (χ0v) is 25.5. The summed E-state index contributed by atoms with van der Waals surface area (Å²) in [6.45, 7) is 4.53. The van der Waals surface area contributed by atoms with Crippen LogP contribution in [0.15, 0.2) is 42.7 Å². The third-order valence-electron chi connectivity index (χ3n) is 8.63. The molecule has 3 amide bonds. The second-order valence-electron chi connectivity index (χ2n) is 12.2. The number of nitrogens with zero attached hydrogens (tertiary/aromatic N) is 2. The Labute approximate surface area is 257 Å². The van der Waals surface area contributed by atoms with E-state index in [9.17, 15) is 19.6 Å². The van der Waals surface area contributed by atoms with Gasteiger partial charge in [-0.15, -0.1) is 0 Å². The second kappa shape index (κ2) is 13.9. The average Bonchev–Trinajstić information content (AvgIpc) is 3.65. The molecule has 3 aromatic rings. The number of carbonyl (C=O) groups is 3. The summed E-state index contributed by atoms with van der Waals surface area (Å²) < 4.78 is 5.43. The second-order valence-corrected chi connectivity index (χ2v) is 12.2. The number of ether oxygens (including phenoxy) is 1. The molecule has 1 fully saturated rings. The standard InChI is InChI=1S/C33H41N7O4/c1-19(2)14-27(40-33(43)28-16-22-24(37-28)8-5-9-30(22)44-3)32(42)39-26(15-21-11-13-36-31(21)41)29(17-34)38-25-7-4-6-20-10-12-35-18-23(20)25/h5,8-10,12,16,18-19,21,25-27,29,37-38H,4,6-7,11,13-15H2,1-3H3,(H,36,41)(H,39,42)(H,40,43)/t21-,25-,26-,27-,29?/m0/s1. The highest BCUT2D eigenvalue weighted by atomic mass is 16.5. The van der Waals surface area contributed by atoms with Gasteiger partial charge in [0.25, 0.3) is 5.91 Å². The van der Waals surface area contributed by atoms with E-state index in [2.05, 4.69) is 37.3 Å². The molecule has 1 aliphatic carbocycles. The molecule has 5 atom stereocenters. The number of benzene rings is 1.